The summed E-state index contributed by atoms with van der Waals surface area (Å²) in [5.74, 6) is 2.73. The molecule has 0 spiro atoms. The van der Waals surface area contributed by atoms with Crippen molar-refractivity contribution in [3.05, 3.63) is 70.8 Å². The summed E-state index contributed by atoms with van der Waals surface area (Å²) in [5, 5.41) is 0. The summed E-state index contributed by atoms with van der Waals surface area (Å²) < 4.78 is 0. The van der Waals surface area contributed by atoms with Crippen LogP contribution < -0.4 is 5.73 Å². The molecule has 0 saturated carbocycles. The summed E-state index contributed by atoms with van der Waals surface area (Å²) in [7, 11) is 0. The average Bonchev–Trinajstić information content (AvgIpc) is 2.40. The quantitative estimate of drug-likeness (QED) is 0.493. The van der Waals surface area contributed by atoms with Crippen LogP contribution >= 0.6 is 0 Å². The molecule has 0 unspecified atom stereocenters. The molecule has 0 aromatic heterocycles. The number of hydrogen-bond acceptors (Lipinski definition) is 2. The fraction of sp³-hybridized carbons (Fsp3) is 0.0625. The molecule has 0 aliphatic carbocycles. The minimum atomic E-state index is -0.0218. The zero-order chi connectivity index (χ0) is 13.0. The van der Waals surface area contributed by atoms with E-state index in [9.17, 15) is 4.79 Å². The Morgan fingerprint density at radius 3 is 2.28 bits per heavy atom. The van der Waals surface area contributed by atoms with E-state index in [1.807, 2.05) is 43.3 Å². The predicted molar refractivity (Wildman–Crippen MR) is 72.1 cm³/mol. The van der Waals surface area contributed by atoms with E-state index >= 15 is 0 Å². The molecule has 0 fully saturated rings. The molecule has 2 heteroatoms. The molecule has 2 N–H and O–H groups in total. The zero-order valence-electron chi connectivity index (χ0n) is 10.1. The lowest BCUT2D eigenvalue weighted by Gasteiger charge is -2.06. The highest BCUT2D eigenvalue weighted by Gasteiger charge is 2.13. The SMILES string of the molecule is Cc1ccccc1C(=O)c1ccccc1C#CN. The van der Waals surface area contributed by atoms with E-state index in [2.05, 4.69) is 12.0 Å². The van der Waals surface area contributed by atoms with Gasteiger partial charge in [0.05, 0.1) is 0 Å². The van der Waals surface area contributed by atoms with Crippen LogP contribution in [-0.2, 0) is 0 Å². The lowest BCUT2D eigenvalue weighted by Crippen LogP contribution is -2.05. The first-order chi connectivity index (χ1) is 8.74. The Morgan fingerprint density at radius 2 is 1.61 bits per heavy atom. The van der Waals surface area contributed by atoms with Gasteiger partial charge in [-0.05, 0) is 30.5 Å². The second-order valence-electron chi connectivity index (χ2n) is 3.96. The maximum Gasteiger partial charge on any atom is 0.194 e. The fourth-order valence-corrected chi connectivity index (χ4v) is 1.84. The molecule has 88 valence electrons. The van der Waals surface area contributed by atoms with E-state index in [0.29, 0.717) is 16.7 Å². The molecule has 0 aliphatic heterocycles. The molecular formula is C16H13NO. The maximum atomic E-state index is 12.5. The van der Waals surface area contributed by atoms with Crippen molar-refractivity contribution >= 4 is 5.78 Å². The number of carbonyl (C=O) groups excluding carboxylic acids is 1. The van der Waals surface area contributed by atoms with Gasteiger partial charge < -0.3 is 5.73 Å². The lowest BCUT2D eigenvalue weighted by atomic mass is 9.96. The van der Waals surface area contributed by atoms with Crippen molar-refractivity contribution in [1.29, 1.82) is 0 Å². The van der Waals surface area contributed by atoms with Gasteiger partial charge >= 0.3 is 0 Å². The number of ketones is 1. The largest absolute Gasteiger partial charge is 0.359 e. The smallest absolute Gasteiger partial charge is 0.194 e. The Labute approximate surface area is 106 Å². The number of carbonyl (C=O) groups is 1. The van der Waals surface area contributed by atoms with Gasteiger partial charge in [-0.2, -0.15) is 0 Å². The van der Waals surface area contributed by atoms with Crippen LogP contribution in [-0.4, -0.2) is 5.78 Å². The van der Waals surface area contributed by atoms with Gasteiger partial charge in [0.25, 0.3) is 0 Å². The van der Waals surface area contributed by atoms with E-state index in [4.69, 9.17) is 5.73 Å². The molecule has 2 nitrogen and oxygen atoms in total. The fourth-order valence-electron chi connectivity index (χ4n) is 1.84. The Balaban J connectivity index is 2.52. The minimum Gasteiger partial charge on any atom is -0.359 e. The summed E-state index contributed by atoms with van der Waals surface area (Å²) in [6.45, 7) is 1.92. The van der Waals surface area contributed by atoms with Crippen molar-refractivity contribution in [2.75, 3.05) is 0 Å². The number of benzene rings is 2. The van der Waals surface area contributed by atoms with E-state index in [1.54, 1.807) is 12.1 Å². The average molecular weight is 235 g/mol. The molecular weight excluding hydrogens is 222 g/mol. The van der Waals surface area contributed by atoms with Crippen molar-refractivity contribution in [2.24, 2.45) is 5.73 Å². The van der Waals surface area contributed by atoms with Crippen molar-refractivity contribution in [1.82, 2.24) is 0 Å². The standard InChI is InChI=1S/C16H13NO/c1-12-6-2-4-8-14(12)16(18)15-9-5-3-7-13(15)10-11-17/h2-9H,17H2,1H3. The highest BCUT2D eigenvalue weighted by molar-refractivity contribution is 6.11. The summed E-state index contributed by atoms with van der Waals surface area (Å²) in [6.07, 6.45) is 0. The molecule has 2 rings (SSSR count). The summed E-state index contributed by atoms with van der Waals surface area (Å²) in [5.41, 5.74) is 8.13. The highest BCUT2D eigenvalue weighted by Crippen LogP contribution is 2.16. The van der Waals surface area contributed by atoms with E-state index in [0.717, 1.165) is 5.56 Å². The monoisotopic (exact) mass is 235 g/mol. The Morgan fingerprint density at radius 1 is 1.00 bits per heavy atom. The minimum absolute atomic E-state index is 0.0218. The van der Waals surface area contributed by atoms with Gasteiger partial charge in [-0.15, -0.1) is 0 Å². The van der Waals surface area contributed by atoms with Gasteiger partial charge in [0.1, 0.15) is 0 Å². The van der Waals surface area contributed by atoms with Crippen LogP contribution in [0.2, 0.25) is 0 Å². The first-order valence-electron chi connectivity index (χ1n) is 5.65. The Hall–Kier alpha value is -2.53. The van der Waals surface area contributed by atoms with Crippen LogP contribution in [0.25, 0.3) is 0 Å². The molecule has 0 atom stereocenters. The van der Waals surface area contributed by atoms with Gasteiger partial charge in [0, 0.05) is 22.7 Å². The third kappa shape index (κ3) is 2.26. The van der Waals surface area contributed by atoms with E-state index in [1.165, 1.54) is 0 Å². The summed E-state index contributed by atoms with van der Waals surface area (Å²) >= 11 is 0. The molecule has 0 amide bonds. The van der Waals surface area contributed by atoms with Gasteiger partial charge in [0.2, 0.25) is 0 Å². The van der Waals surface area contributed by atoms with Gasteiger partial charge in [-0.3, -0.25) is 4.79 Å². The third-order valence-electron chi connectivity index (χ3n) is 2.77. The Kier molecular flexibility index (Phi) is 3.45. The number of hydrogen-bond donors (Lipinski definition) is 1. The first kappa shape index (κ1) is 11.9. The third-order valence-corrected chi connectivity index (χ3v) is 2.77. The zero-order valence-corrected chi connectivity index (χ0v) is 10.1. The molecule has 0 radical (unpaired) electrons. The van der Waals surface area contributed by atoms with Crippen LogP contribution in [0.15, 0.2) is 48.5 Å². The van der Waals surface area contributed by atoms with Crippen LogP contribution in [0.5, 0.6) is 0 Å². The first-order valence-corrected chi connectivity index (χ1v) is 5.65. The van der Waals surface area contributed by atoms with E-state index < -0.39 is 0 Å². The van der Waals surface area contributed by atoms with Crippen LogP contribution in [0.1, 0.15) is 27.0 Å². The summed E-state index contributed by atoms with van der Waals surface area (Å²) in [6, 6.07) is 17.1. The lowest BCUT2D eigenvalue weighted by molar-refractivity contribution is 0.103. The highest BCUT2D eigenvalue weighted by atomic mass is 16.1. The molecule has 0 saturated heterocycles. The predicted octanol–water partition coefficient (Wildman–Crippen LogP) is 2.49. The van der Waals surface area contributed by atoms with Crippen molar-refractivity contribution in [3.8, 4) is 12.0 Å². The molecule has 0 heterocycles. The molecule has 18 heavy (non-hydrogen) atoms. The van der Waals surface area contributed by atoms with Gasteiger partial charge in [0.15, 0.2) is 5.78 Å². The second kappa shape index (κ2) is 5.20. The molecule has 0 aliphatic rings. The number of nitrogens with two attached hydrogens (primary N) is 1. The van der Waals surface area contributed by atoms with Gasteiger partial charge in [-0.25, -0.2) is 0 Å². The molecule has 2 aromatic carbocycles. The Bertz CT molecular complexity index is 647. The van der Waals surface area contributed by atoms with E-state index in [-0.39, 0.29) is 5.78 Å². The van der Waals surface area contributed by atoms with Crippen LogP contribution in [0.4, 0.5) is 0 Å². The van der Waals surface area contributed by atoms with Crippen LogP contribution in [0, 0.1) is 18.9 Å². The van der Waals surface area contributed by atoms with Crippen molar-refractivity contribution in [2.45, 2.75) is 6.92 Å². The number of rotatable bonds is 2. The molecule has 2 aromatic rings. The summed E-state index contributed by atoms with van der Waals surface area (Å²) in [4.78, 5) is 12.5. The maximum absolute atomic E-state index is 12.5. The second-order valence-corrected chi connectivity index (χ2v) is 3.96. The van der Waals surface area contributed by atoms with Gasteiger partial charge in [-0.1, -0.05) is 36.4 Å². The van der Waals surface area contributed by atoms with Crippen LogP contribution in [0.3, 0.4) is 0 Å². The normalized spacial score (nSPS) is 9.39. The number of aryl methyl sites for hydroxylation is 1. The molecule has 0 bridgehead atoms. The van der Waals surface area contributed by atoms with Crippen molar-refractivity contribution < 1.29 is 4.79 Å². The topological polar surface area (TPSA) is 43.1 Å². The van der Waals surface area contributed by atoms with Crippen molar-refractivity contribution in [3.63, 3.8) is 0 Å².